The van der Waals surface area contributed by atoms with Gasteiger partial charge in [0.25, 0.3) is 0 Å². The van der Waals surface area contributed by atoms with Gasteiger partial charge in [-0.3, -0.25) is 9.36 Å². The Kier molecular flexibility index (Phi) is 13.8. The molecule has 4 aromatic heterocycles. The fourth-order valence-electron chi connectivity index (χ4n) is 7.36. The first-order chi connectivity index (χ1) is 28.8. The van der Waals surface area contributed by atoms with E-state index in [1.54, 1.807) is 32.0 Å². The molecule has 308 valence electrons. The molecule has 0 aliphatic carbocycles. The lowest BCUT2D eigenvalue weighted by molar-refractivity contribution is 0.738. The fraction of sp³-hybridized carbons (Fsp3) is 0.255. The number of hydrogen-bond donors (Lipinski definition) is 2. The number of benzene rings is 4. The Labute approximate surface area is 368 Å². The third kappa shape index (κ3) is 8.82. The monoisotopic (exact) mass is 863 g/mol. The highest BCUT2D eigenvalue weighted by Gasteiger charge is 2.18. The minimum absolute atomic E-state index is 0. The summed E-state index contributed by atoms with van der Waals surface area (Å²) in [6.07, 6.45) is 10.1. The molecule has 0 radical (unpaired) electrons. The molecule has 0 amide bonds. The predicted molar refractivity (Wildman–Crippen MR) is 254 cm³/mol. The second-order valence-electron chi connectivity index (χ2n) is 13.9. The third-order valence-electron chi connectivity index (χ3n) is 10.1. The van der Waals surface area contributed by atoms with Crippen molar-refractivity contribution in [1.82, 2.24) is 40.2 Å². The fourth-order valence-corrected chi connectivity index (χ4v) is 9.88. The second kappa shape index (κ2) is 19.0. The molecule has 11 nitrogen and oxygen atoms in total. The number of nitrogens with one attached hydrogen (secondary N) is 2. The van der Waals surface area contributed by atoms with Crippen LogP contribution >= 0.6 is 34.3 Å². The van der Waals surface area contributed by atoms with Crippen molar-refractivity contribution in [3.8, 4) is 40.5 Å². The van der Waals surface area contributed by atoms with E-state index in [-0.39, 0.29) is 14.9 Å². The number of hydrogen-bond acceptors (Lipinski definition) is 11. The topological polar surface area (TPSA) is 157 Å². The van der Waals surface area contributed by atoms with Crippen molar-refractivity contribution in [1.29, 1.82) is 15.8 Å². The van der Waals surface area contributed by atoms with Crippen LogP contribution in [0.5, 0.6) is 0 Å². The summed E-state index contributed by atoms with van der Waals surface area (Å²) >= 11 is 9.88. The number of halogens is 1. The lowest BCUT2D eigenvalue weighted by Gasteiger charge is -2.10. The average Bonchev–Trinajstić information content (AvgIpc) is 4.08. The van der Waals surface area contributed by atoms with Crippen LogP contribution in [0.1, 0.15) is 68.2 Å². The van der Waals surface area contributed by atoms with Gasteiger partial charge < -0.3 is 10.6 Å². The summed E-state index contributed by atoms with van der Waals surface area (Å²) in [6.45, 7) is 7.65. The Balaban J connectivity index is 0.000000190. The van der Waals surface area contributed by atoms with Gasteiger partial charge in [0.05, 0.1) is 36.6 Å². The van der Waals surface area contributed by atoms with Crippen LogP contribution in [-0.2, 0) is 14.1 Å². The summed E-state index contributed by atoms with van der Waals surface area (Å²) in [5, 5.41) is 48.8. The average molecular weight is 865 g/mol. The van der Waals surface area contributed by atoms with Crippen LogP contribution in [0.4, 0.5) is 0 Å². The number of aryl methyl sites for hydroxylation is 2. The highest BCUT2D eigenvalue weighted by molar-refractivity contribution is 7.20. The van der Waals surface area contributed by atoms with E-state index in [2.05, 4.69) is 69.4 Å². The second-order valence-corrected chi connectivity index (χ2v) is 16.4. The van der Waals surface area contributed by atoms with Crippen LogP contribution in [0.15, 0.2) is 73.1 Å². The molecular formula is C47H46ClN11S2. The van der Waals surface area contributed by atoms with Gasteiger partial charge in [-0.2, -0.15) is 26.0 Å². The first-order valence-corrected chi connectivity index (χ1v) is 21.3. The molecule has 61 heavy (non-hydrogen) atoms. The standard InChI is InChI=1S/C22H16N6S.C21H16ClN5S.C2H6.2CH4/c1-28-12-18-8-14(6-16(10-23)20(18)27-28)15-7-17(11-24)21-19(9-15)29-22(26-21)13-2-4-25-5-3-13;1-27-11-16-7-13(6-15(10-23)19(16)26-27)14-8-17(22)20-18(9-14)28-21(25-20)12-2-4-24-5-3-12;1-2;;/h2,6-9,12,25H,3-5H2,1H3;2,6-9,11,24H,3-5H2,1H3;1-2H3;2*1H4. The van der Waals surface area contributed by atoms with Crippen LogP contribution < -0.4 is 10.6 Å². The molecular weight excluding hydrogens is 818 g/mol. The zero-order valence-electron chi connectivity index (χ0n) is 32.9. The van der Waals surface area contributed by atoms with E-state index in [1.165, 1.54) is 11.1 Å². The maximum absolute atomic E-state index is 9.73. The lowest BCUT2D eigenvalue weighted by Crippen LogP contribution is -2.19. The Morgan fingerprint density at radius 2 is 1.00 bits per heavy atom. The van der Waals surface area contributed by atoms with Crippen molar-refractivity contribution in [3.05, 3.63) is 105 Å². The van der Waals surface area contributed by atoms with Gasteiger partial charge in [0.15, 0.2) is 0 Å². The summed E-state index contributed by atoms with van der Waals surface area (Å²) in [5.74, 6) is 0. The number of nitriles is 3. The molecule has 0 atom stereocenters. The van der Waals surface area contributed by atoms with Gasteiger partial charge in [0, 0.05) is 50.4 Å². The zero-order chi connectivity index (χ0) is 41.2. The van der Waals surface area contributed by atoms with Gasteiger partial charge in [-0.05, 0) is 108 Å². The quantitative estimate of drug-likeness (QED) is 0.176. The van der Waals surface area contributed by atoms with E-state index in [9.17, 15) is 15.8 Å². The van der Waals surface area contributed by atoms with Crippen LogP contribution in [0.25, 0.3) is 75.6 Å². The Morgan fingerprint density at radius 1 is 0.590 bits per heavy atom. The molecule has 0 saturated carbocycles. The lowest BCUT2D eigenvalue weighted by atomic mass is 9.99. The zero-order valence-corrected chi connectivity index (χ0v) is 35.3. The highest BCUT2D eigenvalue weighted by atomic mass is 35.5. The molecule has 10 rings (SSSR count). The predicted octanol–water partition coefficient (Wildman–Crippen LogP) is 11.0. The summed E-state index contributed by atoms with van der Waals surface area (Å²) < 4.78 is 5.48. The minimum Gasteiger partial charge on any atom is -0.313 e. The van der Waals surface area contributed by atoms with E-state index < -0.39 is 0 Å². The summed E-state index contributed by atoms with van der Waals surface area (Å²) in [4.78, 5) is 9.55. The maximum atomic E-state index is 9.73. The molecule has 2 aliphatic heterocycles. The van der Waals surface area contributed by atoms with Crippen molar-refractivity contribution in [2.24, 2.45) is 14.1 Å². The normalized spacial score (nSPS) is 13.3. The molecule has 8 aromatic rings. The Morgan fingerprint density at radius 3 is 1.44 bits per heavy atom. The van der Waals surface area contributed by atoms with Crippen molar-refractivity contribution in [2.75, 3.05) is 26.2 Å². The highest BCUT2D eigenvalue weighted by Crippen LogP contribution is 2.39. The SMILES string of the molecule is C.C.CC.Cn1cc2cc(-c3cc(C#N)c4nc(C5=CCNCC5)sc4c3)cc(C#N)c2n1.Cn1cc2cc(-c3cc(Cl)c4nc(C5=CCNCC5)sc4c3)cc(C#N)c2n1. The summed E-state index contributed by atoms with van der Waals surface area (Å²) in [7, 11) is 3.70. The smallest absolute Gasteiger partial charge is 0.120 e. The Bertz CT molecular complexity index is 3120. The molecule has 4 aromatic carbocycles. The number of fused-ring (bicyclic) bond motifs is 4. The third-order valence-corrected chi connectivity index (χ3v) is 12.5. The van der Waals surface area contributed by atoms with Gasteiger partial charge in [0.1, 0.15) is 44.8 Å². The number of rotatable bonds is 4. The minimum atomic E-state index is 0. The van der Waals surface area contributed by atoms with Crippen LogP contribution in [0, 0.1) is 34.0 Å². The van der Waals surface area contributed by atoms with Crippen LogP contribution in [-0.4, -0.2) is 55.7 Å². The van der Waals surface area contributed by atoms with Crippen LogP contribution in [0.2, 0.25) is 5.02 Å². The van der Waals surface area contributed by atoms with E-state index in [1.807, 2.05) is 70.7 Å². The van der Waals surface area contributed by atoms with E-state index >= 15 is 0 Å². The summed E-state index contributed by atoms with van der Waals surface area (Å²) in [6, 6.07) is 22.6. The van der Waals surface area contributed by atoms with Gasteiger partial charge in [-0.25, -0.2) is 9.97 Å². The van der Waals surface area contributed by atoms with Crippen molar-refractivity contribution in [3.63, 3.8) is 0 Å². The molecule has 2 N–H and O–H groups in total. The molecule has 0 unspecified atom stereocenters. The van der Waals surface area contributed by atoms with E-state index in [4.69, 9.17) is 21.6 Å². The first kappa shape index (κ1) is 44.3. The van der Waals surface area contributed by atoms with Crippen LogP contribution in [0.3, 0.4) is 0 Å². The van der Waals surface area contributed by atoms with Gasteiger partial charge in [-0.15, -0.1) is 22.7 Å². The Hall–Kier alpha value is -6.24. The van der Waals surface area contributed by atoms with E-state index in [0.717, 1.165) is 108 Å². The van der Waals surface area contributed by atoms with Gasteiger partial charge in [0.2, 0.25) is 0 Å². The molecule has 0 fully saturated rings. The molecule has 0 spiro atoms. The molecule has 6 heterocycles. The van der Waals surface area contributed by atoms with Crippen molar-refractivity contribution in [2.45, 2.75) is 41.5 Å². The largest absolute Gasteiger partial charge is 0.313 e. The molecule has 14 heteroatoms. The molecule has 2 aliphatic rings. The summed E-state index contributed by atoms with van der Waals surface area (Å²) in [5.41, 5.74) is 10.9. The number of nitrogens with zero attached hydrogens (tertiary/aromatic N) is 9. The number of thiazole rings is 2. The van der Waals surface area contributed by atoms with E-state index in [0.29, 0.717) is 27.2 Å². The van der Waals surface area contributed by atoms with Gasteiger partial charge in [-0.1, -0.05) is 52.5 Å². The maximum Gasteiger partial charge on any atom is 0.120 e. The van der Waals surface area contributed by atoms with Gasteiger partial charge >= 0.3 is 0 Å². The van der Waals surface area contributed by atoms with Crippen molar-refractivity contribution < 1.29 is 0 Å². The first-order valence-electron chi connectivity index (χ1n) is 19.3. The molecule has 0 saturated heterocycles. The molecule has 0 bridgehead atoms. The van der Waals surface area contributed by atoms with Crippen molar-refractivity contribution >= 4 is 87.7 Å². The number of aromatic nitrogens is 6.